The number of aromatic nitrogens is 2. The molecule has 0 unspecified atom stereocenters. The third kappa shape index (κ3) is 6.47. The third-order valence-electron chi connectivity index (χ3n) is 6.22. The van der Waals surface area contributed by atoms with Crippen molar-refractivity contribution in [2.24, 2.45) is 4.99 Å². The van der Waals surface area contributed by atoms with Crippen LogP contribution in [-0.4, -0.2) is 33.8 Å². The van der Waals surface area contributed by atoms with Gasteiger partial charge in [0.1, 0.15) is 5.75 Å². The number of thiocarbonyl (C=S) groups is 1. The number of nitrogens with zero attached hydrogens (tertiary/aromatic N) is 3. The van der Waals surface area contributed by atoms with Crippen molar-refractivity contribution in [3.05, 3.63) is 98.2 Å². The van der Waals surface area contributed by atoms with Gasteiger partial charge in [0.2, 0.25) is 0 Å². The van der Waals surface area contributed by atoms with E-state index >= 15 is 0 Å². The molecule has 0 bridgehead atoms. The van der Waals surface area contributed by atoms with E-state index in [0.717, 1.165) is 40.8 Å². The quantitative estimate of drug-likeness (QED) is 0.156. The van der Waals surface area contributed by atoms with Crippen LogP contribution in [0.1, 0.15) is 22.4 Å². The molecule has 0 atom stereocenters. The molecule has 200 valence electrons. The zero-order valence-corrected chi connectivity index (χ0v) is 23.2. The summed E-state index contributed by atoms with van der Waals surface area (Å²) in [6.45, 7) is 0.353. The van der Waals surface area contributed by atoms with Crippen LogP contribution in [0, 0.1) is 0 Å². The molecule has 4 aromatic rings. The molecule has 1 heterocycles. The molecule has 1 aliphatic carbocycles. The minimum absolute atomic E-state index is 0.273. The Labute approximate surface area is 243 Å². The molecule has 5 rings (SSSR count). The number of fused-ring (bicyclic) bond motifs is 3. The molecule has 0 radical (unpaired) electrons. The van der Waals surface area contributed by atoms with Gasteiger partial charge in [0.25, 0.3) is 0 Å². The zero-order valence-electron chi connectivity index (χ0n) is 20.1. The van der Waals surface area contributed by atoms with E-state index in [-0.39, 0.29) is 5.75 Å². The Balaban J connectivity index is 1.27. The molecular weight excluding hydrogens is 590 g/mol. The second-order valence-electron chi connectivity index (χ2n) is 8.91. The van der Waals surface area contributed by atoms with E-state index in [0.29, 0.717) is 38.6 Å². The molecule has 0 amide bonds. The van der Waals surface area contributed by atoms with E-state index in [4.69, 9.17) is 47.0 Å². The average molecular weight is 609 g/mol. The molecule has 0 aliphatic heterocycles. The van der Waals surface area contributed by atoms with Gasteiger partial charge in [0.15, 0.2) is 0 Å². The smallest absolute Gasteiger partial charge is 0.406 e. The van der Waals surface area contributed by atoms with Gasteiger partial charge in [-0.2, -0.15) is 5.10 Å². The maximum absolute atomic E-state index is 12.5. The molecule has 1 aliphatic rings. The number of hydrogen-bond acceptors (Lipinski definition) is 4. The topological polar surface area (TPSA) is 39.4 Å². The highest BCUT2D eigenvalue weighted by Gasteiger charge is 2.31. The molecule has 0 saturated heterocycles. The van der Waals surface area contributed by atoms with Crippen molar-refractivity contribution in [1.82, 2.24) is 9.78 Å². The Morgan fingerprint density at radius 2 is 1.72 bits per heavy atom. The molecule has 39 heavy (non-hydrogen) atoms. The minimum Gasteiger partial charge on any atom is -0.406 e. The fraction of sp³-hybridized carbons (Fsp3) is 0.179. The molecule has 0 saturated carbocycles. The lowest BCUT2D eigenvalue weighted by Gasteiger charge is -2.18. The lowest BCUT2D eigenvalue weighted by molar-refractivity contribution is -0.274. The van der Waals surface area contributed by atoms with Crippen LogP contribution in [0.2, 0.25) is 15.1 Å². The standard InChI is InChI=1S/C28H19Cl3F3N3OS/c29-18-10-25(30)23(26(31)11-18)12-21(39)14-35-13-16-1-7-22-17(9-16)2-8-27-24(22)15-36-37(27)19-3-5-20(6-4-19)38-28(32,33)34/h1,3-7,9-11,13,15H,2,8,12,14H2. The van der Waals surface area contributed by atoms with Crippen LogP contribution >= 0.6 is 47.0 Å². The molecule has 11 heteroatoms. The first-order valence-electron chi connectivity index (χ1n) is 11.8. The van der Waals surface area contributed by atoms with Crippen LogP contribution in [0.4, 0.5) is 13.2 Å². The predicted octanol–water partition coefficient (Wildman–Crippen LogP) is 8.53. The van der Waals surface area contributed by atoms with Crippen LogP contribution < -0.4 is 4.74 Å². The van der Waals surface area contributed by atoms with Crippen molar-refractivity contribution in [2.45, 2.75) is 25.6 Å². The van der Waals surface area contributed by atoms with E-state index in [1.54, 1.807) is 41.4 Å². The molecule has 0 N–H and O–H groups in total. The maximum atomic E-state index is 12.5. The maximum Gasteiger partial charge on any atom is 0.573 e. The summed E-state index contributed by atoms with van der Waals surface area (Å²) in [4.78, 5) is 5.20. The van der Waals surface area contributed by atoms with Gasteiger partial charge in [0, 0.05) is 38.1 Å². The monoisotopic (exact) mass is 607 g/mol. The van der Waals surface area contributed by atoms with Crippen LogP contribution in [0.3, 0.4) is 0 Å². The summed E-state index contributed by atoms with van der Waals surface area (Å²) in [5.41, 5.74) is 6.58. The van der Waals surface area contributed by atoms with Gasteiger partial charge < -0.3 is 4.74 Å². The Kier molecular flexibility index (Phi) is 8.01. The van der Waals surface area contributed by atoms with Gasteiger partial charge in [-0.1, -0.05) is 59.2 Å². The van der Waals surface area contributed by atoms with Crippen molar-refractivity contribution in [1.29, 1.82) is 0 Å². The SMILES string of the molecule is FC(F)(F)Oc1ccc(-n2ncc3c2CCc2cc(C=NCC(=S)Cc4c(Cl)cc(Cl)cc4Cl)ccc2-3)cc1. The average Bonchev–Trinajstić information content (AvgIpc) is 3.30. The summed E-state index contributed by atoms with van der Waals surface area (Å²) in [7, 11) is 0. The summed E-state index contributed by atoms with van der Waals surface area (Å²) in [5, 5.41) is 5.92. The summed E-state index contributed by atoms with van der Waals surface area (Å²) in [6, 6.07) is 15.1. The molecular formula is C28H19Cl3F3N3OS. The van der Waals surface area contributed by atoms with Crippen molar-refractivity contribution < 1.29 is 17.9 Å². The Morgan fingerprint density at radius 1 is 1.00 bits per heavy atom. The number of benzene rings is 3. The van der Waals surface area contributed by atoms with Crippen LogP contribution in [-0.2, 0) is 19.3 Å². The summed E-state index contributed by atoms with van der Waals surface area (Å²) in [6.07, 6.45) is 0.795. The van der Waals surface area contributed by atoms with Crippen molar-refractivity contribution in [3.8, 4) is 22.6 Å². The first-order chi connectivity index (χ1) is 18.6. The molecule has 0 fully saturated rings. The first-order valence-corrected chi connectivity index (χ1v) is 13.3. The fourth-order valence-electron chi connectivity index (χ4n) is 4.51. The van der Waals surface area contributed by atoms with Gasteiger partial charge in [-0.05, 0) is 77.6 Å². The number of ether oxygens (including phenoxy) is 1. The van der Waals surface area contributed by atoms with Crippen LogP contribution in [0.5, 0.6) is 5.75 Å². The summed E-state index contributed by atoms with van der Waals surface area (Å²) in [5.74, 6) is -0.273. The summed E-state index contributed by atoms with van der Waals surface area (Å²) >= 11 is 24.0. The van der Waals surface area contributed by atoms with Crippen LogP contribution in [0.25, 0.3) is 16.8 Å². The summed E-state index contributed by atoms with van der Waals surface area (Å²) < 4.78 is 43.1. The van der Waals surface area contributed by atoms with Gasteiger partial charge in [-0.3, -0.25) is 4.99 Å². The van der Waals surface area contributed by atoms with Gasteiger partial charge in [-0.15, -0.1) is 13.2 Å². The predicted molar refractivity (Wildman–Crippen MR) is 153 cm³/mol. The molecule has 1 aromatic heterocycles. The highest BCUT2D eigenvalue weighted by atomic mass is 35.5. The van der Waals surface area contributed by atoms with Crippen molar-refractivity contribution >= 4 is 58.1 Å². The normalized spacial score (nSPS) is 12.9. The van der Waals surface area contributed by atoms with Gasteiger partial charge >= 0.3 is 6.36 Å². The van der Waals surface area contributed by atoms with E-state index < -0.39 is 6.36 Å². The number of hydrogen-bond donors (Lipinski definition) is 0. The molecule has 3 aromatic carbocycles. The second kappa shape index (κ2) is 11.3. The molecule has 4 nitrogen and oxygen atoms in total. The first kappa shape index (κ1) is 27.6. The number of aliphatic imine (C=N–C) groups is 1. The van der Waals surface area contributed by atoms with Crippen molar-refractivity contribution in [2.75, 3.05) is 6.54 Å². The number of aryl methyl sites for hydroxylation is 1. The Morgan fingerprint density at radius 3 is 2.41 bits per heavy atom. The van der Waals surface area contributed by atoms with E-state index in [9.17, 15) is 13.2 Å². The van der Waals surface area contributed by atoms with Gasteiger partial charge in [-0.25, -0.2) is 4.68 Å². The third-order valence-corrected chi connectivity index (χ3v) is 7.39. The van der Waals surface area contributed by atoms with E-state index in [2.05, 4.69) is 20.9 Å². The molecule has 0 spiro atoms. The van der Waals surface area contributed by atoms with E-state index in [1.807, 2.05) is 12.1 Å². The second-order valence-corrected chi connectivity index (χ2v) is 10.7. The largest absolute Gasteiger partial charge is 0.573 e. The zero-order chi connectivity index (χ0) is 27.7. The van der Waals surface area contributed by atoms with Gasteiger partial charge in [0.05, 0.1) is 24.1 Å². The number of rotatable bonds is 7. The lowest BCUT2D eigenvalue weighted by atomic mass is 9.89. The Bertz CT molecular complexity index is 1560. The number of halogens is 6. The van der Waals surface area contributed by atoms with Crippen LogP contribution in [0.15, 0.2) is 65.8 Å². The van der Waals surface area contributed by atoms with E-state index in [1.165, 1.54) is 17.7 Å². The highest BCUT2D eigenvalue weighted by Crippen LogP contribution is 2.35. The number of alkyl halides is 3. The lowest BCUT2D eigenvalue weighted by Crippen LogP contribution is -2.17. The highest BCUT2D eigenvalue weighted by molar-refractivity contribution is 7.80. The minimum atomic E-state index is -4.73. The Hall–Kier alpha value is -2.91. The fourth-order valence-corrected chi connectivity index (χ4v) is 5.68. The van der Waals surface area contributed by atoms with Crippen molar-refractivity contribution in [3.63, 3.8) is 0 Å².